The first-order valence-corrected chi connectivity index (χ1v) is 5.13. The van der Waals surface area contributed by atoms with Crippen molar-refractivity contribution in [2.75, 3.05) is 18.4 Å². The van der Waals surface area contributed by atoms with Crippen molar-refractivity contribution < 1.29 is 4.42 Å². The van der Waals surface area contributed by atoms with Crippen molar-refractivity contribution in [2.24, 2.45) is 0 Å². The molecule has 14 heavy (non-hydrogen) atoms. The van der Waals surface area contributed by atoms with Crippen molar-refractivity contribution in [1.82, 2.24) is 15.5 Å². The normalized spacial score (nSPS) is 10.4. The Balaban J connectivity index is 2.27. The van der Waals surface area contributed by atoms with Gasteiger partial charge in [-0.1, -0.05) is 25.4 Å². The molecule has 1 heterocycles. The van der Waals surface area contributed by atoms with Gasteiger partial charge in [-0.05, 0) is 13.0 Å². The van der Waals surface area contributed by atoms with E-state index in [0.717, 1.165) is 25.9 Å². The summed E-state index contributed by atoms with van der Waals surface area (Å²) in [5.41, 5.74) is 0. The Kier molecular flexibility index (Phi) is 4.99. The van der Waals surface area contributed by atoms with Crippen LogP contribution >= 0.6 is 0 Å². The SMILES string of the molecule is CCCCNc1nnc(CNCC)o1. The van der Waals surface area contributed by atoms with Crippen LogP contribution in [0.3, 0.4) is 0 Å². The zero-order valence-electron chi connectivity index (χ0n) is 8.84. The highest BCUT2D eigenvalue weighted by molar-refractivity contribution is 5.16. The van der Waals surface area contributed by atoms with E-state index in [2.05, 4.69) is 27.8 Å². The fourth-order valence-corrected chi connectivity index (χ4v) is 1.00. The van der Waals surface area contributed by atoms with Gasteiger partial charge in [0.1, 0.15) is 0 Å². The van der Waals surface area contributed by atoms with Crippen LogP contribution in [-0.2, 0) is 6.54 Å². The highest BCUT2D eigenvalue weighted by atomic mass is 16.4. The number of rotatable bonds is 7. The summed E-state index contributed by atoms with van der Waals surface area (Å²) in [7, 11) is 0. The first kappa shape index (κ1) is 11.0. The summed E-state index contributed by atoms with van der Waals surface area (Å²) < 4.78 is 5.34. The summed E-state index contributed by atoms with van der Waals surface area (Å²) >= 11 is 0. The van der Waals surface area contributed by atoms with E-state index >= 15 is 0 Å². The highest BCUT2D eigenvalue weighted by Crippen LogP contribution is 2.04. The van der Waals surface area contributed by atoms with Crippen LogP contribution < -0.4 is 10.6 Å². The minimum Gasteiger partial charge on any atom is -0.407 e. The minimum atomic E-state index is 0.520. The van der Waals surface area contributed by atoms with E-state index < -0.39 is 0 Å². The summed E-state index contributed by atoms with van der Waals surface area (Å²) in [6.45, 7) is 6.61. The maximum absolute atomic E-state index is 5.34. The number of nitrogens with zero attached hydrogens (tertiary/aromatic N) is 2. The topological polar surface area (TPSA) is 63.0 Å². The second kappa shape index (κ2) is 6.37. The molecule has 0 aliphatic heterocycles. The maximum atomic E-state index is 5.34. The Bertz CT molecular complexity index is 249. The van der Waals surface area contributed by atoms with Crippen LogP contribution in [0, 0.1) is 0 Å². The van der Waals surface area contributed by atoms with E-state index in [4.69, 9.17) is 4.42 Å². The third kappa shape index (κ3) is 3.74. The van der Waals surface area contributed by atoms with Crippen molar-refractivity contribution in [1.29, 1.82) is 0 Å². The molecule has 5 nitrogen and oxygen atoms in total. The van der Waals surface area contributed by atoms with E-state index in [9.17, 15) is 0 Å². The Hall–Kier alpha value is -1.10. The second-order valence-electron chi connectivity index (χ2n) is 3.06. The van der Waals surface area contributed by atoms with Crippen molar-refractivity contribution in [2.45, 2.75) is 33.2 Å². The van der Waals surface area contributed by atoms with E-state index in [1.54, 1.807) is 0 Å². The third-order valence-corrected chi connectivity index (χ3v) is 1.80. The summed E-state index contributed by atoms with van der Waals surface area (Å²) in [5, 5.41) is 14.0. The number of hydrogen-bond acceptors (Lipinski definition) is 5. The van der Waals surface area contributed by atoms with Crippen LogP contribution in [0.1, 0.15) is 32.6 Å². The van der Waals surface area contributed by atoms with E-state index in [-0.39, 0.29) is 0 Å². The molecule has 0 bridgehead atoms. The number of aromatic nitrogens is 2. The maximum Gasteiger partial charge on any atom is 0.315 e. The lowest BCUT2D eigenvalue weighted by atomic mass is 10.3. The van der Waals surface area contributed by atoms with Crippen LogP contribution in [-0.4, -0.2) is 23.3 Å². The predicted molar refractivity (Wildman–Crippen MR) is 55.1 cm³/mol. The monoisotopic (exact) mass is 198 g/mol. The van der Waals surface area contributed by atoms with Crippen LogP contribution in [0.2, 0.25) is 0 Å². The molecule has 0 atom stereocenters. The zero-order chi connectivity index (χ0) is 10.2. The molecule has 0 saturated heterocycles. The lowest BCUT2D eigenvalue weighted by Gasteiger charge is -1.97. The minimum absolute atomic E-state index is 0.520. The Morgan fingerprint density at radius 1 is 1.29 bits per heavy atom. The van der Waals surface area contributed by atoms with Crippen molar-refractivity contribution in [3.63, 3.8) is 0 Å². The molecular weight excluding hydrogens is 180 g/mol. The molecule has 0 radical (unpaired) electrons. The van der Waals surface area contributed by atoms with Gasteiger partial charge in [-0.2, -0.15) is 0 Å². The van der Waals surface area contributed by atoms with E-state index in [0.29, 0.717) is 18.5 Å². The molecule has 0 amide bonds. The van der Waals surface area contributed by atoms with Gasteiger partial charge in [0.15, 0.2) is 0 Å². The molecule has 2 N–H and O–H groups in total. The first-order chi connectivity index (χ1) is 6.86. The quantitative estimate of drug-likeness (QED) is 0.648. The number of unbranched alkanes of at least 4 members (excludes halogenated alkanes) is 1. The molecule has 1 aromatic heterocycles. The summed E-state index contributed by atoms with van der Waals surface area (Å²) in [6.07, 6.45) is 2.27. The number of hydrogen-bond donors (Lipinski definition) is 2. The van der Waals surface area contributed by atoms with Crippen LogP contribution in [0.15, 0.2) is 4.42 Å². The van der Waals surface area contributed by atoms with Gasteiger partial charge in [-0.15, -0.1) is 5.10 Å². The zero-order valence-corrected chi connectivity index (χ0v) is 8.84. The molecule has 0 fully saturated rings. The van der Waals surface area contributed by atoms with Gasteiger partial charge in [0, 0.05) is 6.54 Å². The molecular formula is C9H18N4O. The van der Waals surface area contributed by atoms with Gasteiger partial charge in [-0.25, -0.2) is 0 Å². The summed E-state index contributed by atoms with van der Waals surface area (Å²) in [5.74, 6) is 0.630. The average Bonchev–Trinajstić information content (AvgIpc) is 2.63. The molecule has 0 aliphatic carbocycles. The number of anilines is 1. The molecule has 5 heteroatoms. The molecule has 0 aliphatic rings. The van der Waals surface area contributed by atoms with Gasteiger partial charge in [-0.3, -0.25) is 0 Å². The first-order valence-electron chi connectivity index (χ1n) is 5.13. The lowest BCUT2D eigenvalue weighted by Crippen LogP contribution is -2.11. The van der Waals surface area contributed by atoms with Crippen molar-refractivity contribution in [3.8, 4) is 0 Å². The third-order valence-electron chi connectivity index (χ3n) is 1.80. The van der Waals surface area contributed by atoms with E-state index in [1.807, 2.05) is 6.92 Å². The fourth-order valence-electron chi connectivity index (χ4n) is 1.00. The van der Waals surface area contributed by atoms with Crippen LogP contribution in [0.4, 0.5) is 6.01 Å². The Morgan fingerprint density at radius 2 is 2.14 bits per heavy atom. The standard InChI is InChI=1S/C9H18N4O/c1-3-5-6-11-9-13-12-8(14-9)7-10-4-2/h10H,3-7H2,1-2H3,(H,11,13). The lowest BCUT2D eigenvalue weighted by molar-refractivity contribution is 0.481. The van der Waals surface area contributed by atoms with E-state index in [1.165, 1.54) is 0 Å². The fraction of sp³-hybridized carbons (Fsp3) is 0.778. The summed E-state index contributed by atoms with van der Waals surface area (Å²) in [6, 6.07) is 0.520. The largest absolute Gasteiger partial charge is 0.407 e. The van der Waals surface area contributed by atoms with Crippen molar-refractivity contribution >= 4 is 6.01 Å². The smallest absolute Gasteiger partial charge is 0.315 e. The number of nitrogens with one attached hydrogen (secondary N) is 2. The molecule has 0 aromatic carbocycles. The Labute approximate surface area is 84.3 Å². The van der Waals surface area contributed by atoms with Gasteiger partial charge in [0.05, 0.1) is 6.54 Å². The molecule has 1 aromatic rings. The molecule has 1 rings (SSSR count). The molecule has 0 spiro atoms. The average molecular weight is 198 g/mol. The molecule has 0 saturated carbocycles. The van der Waals surface area contributed by atoms with Crippen molar-refractivity contribution in [3.05, 3.63) is 5.89 Å². The predicted octanol–water partition coefficient (Wildman–Crippen LogP) is 1.39. The second-order valence-corrected chi connectivity index (χ2v) is 3.06. The molecule has 0 unspecified atom stereocenters. The van der Waals surface area contributed by atoms with Crippen LogP contribution in [0.25, 0.3) is 0 Å². The molecule has 80 valence electrons. The van der Waals surface area contributed by atoms with Gasteiger partial charge in [0.25, 0.3) is 0 Å². The Morgan fingerprint density at radius 3 is 2.86 bits per heavy atom. The highest BCUT2D eigenvalue weighted by Gasteiger charge is 2.03. The van der Waals surface area contributed by atoms with Crippen LogP contribution in [0.5, 0.6) is 0 Å². The summed E-state index contributed by atoms with van der Waals surface area (Å²) in [4.78, 5) is 0. The van der Waals surface area contributed by atoms with Gasteiger partial charge < -0.3 is 15.1 Å². The van der Waals surface area contributed by atoms with Gasteiger partial charge in [0.2, 0.25) is 5.89 Å². The van der Waals surface area contributed by atoms with Gasteiger partial charge >= 0.3 is 6.01 Å².